The van der Waals surface area contributed by atoms with E-state index in [2.05, 4.69) is 32.6 Å². The van der Waals surface area contributed by atoms with Crippen LogP contribution in [0, 0.1) is 5.92 Å². The van der Waals surface area contributed by atoms with Gasteiger partial charge in [-0.15, -0.1) is 12.4 Å². The first-order valence-electron chi connectivity index (χ1n) is 8.82. The molecule has 130 valence electrons. The van der Waals surface area contributed by atoms with Gasteiger partial charge in [-0.2, -0.15) is 4.98 Å². The molecule has 2 aliphatic rings. The summed E-state index contributed by atoms with van der Waals surface area (Å²) in [5.74, 6) is 2.04. The topological polar surface area (TPSA) is 63.8 Å². The Morgan fingerprint density at radius 1 is 1.08 bits per heavy atom. The molecule has 3 atom stereocenters. The Morgan fingerprint density at radius 3 is 2.88 bits per heavy atom. The molecule has 5 rings (SSSR count). The molecule has 0 bridgehead atoms. The van der Waals surface area contributed by atoms with Crippen molar-refractivity contribution in [3.05, 3.63) is 42.4 Å². The first kappa shape index (κ1) is 16.5. The van der Waals surface area contributed by atoms with Gasteiger partial charge in [0.2, 0.25) is 11.7 Å². The lowest BCUT2D eigenvalue weighted by Gasteiger charge is -2.24. The highest BCUT2D eigenvalue weighted by Gasteiger charge is 2.38. The van der Waals surface area contributed by atoms with E-state index in [1.165, 1.54) is 25.7 Å². The smallest absolute Gasteiger partial charge is 0.244 e. The zero-order valence-corrected chi connectivity index (χ0v) is 14.7. The summed E-state index contributed by atoms with van der Waals surface area (Å²) in [7, 11) is 0. The van der Waals surface area contributed by atoms with Crippen molar-refractivity contribution >= 4 is 23.2 Å². The Bertz CT molecular complexity index is 861. The molecule has 3 unspecified atom stereocenters. The van der Waals surface area contributed by atoms with Crippen LogP contribution in [0.25, 0.3) is 22.3 Å². The van der Waals surface area contributed by atoms with E-state index in [0.717, 1.165) is 28.8 Å². The summed E-state index contributed by atoms with van der Waals surface area (Å²) >= 11 is 0. The minimum atomic E-state index is 0. The van der Waals surface area contributed by atoms with E-state index < -0.39 is 0 Å². The Morgan fingerprint density at radius 2 is 1.96 bits per heavy atom. The molecule has 0 amide bonds. The number of benzene rings is 1. The molecule has 2 fully saturated rings. The summed E-state index contributed by atoms with van der Waals surface area (Å²) in [5.41, 5.74) is 0.790. The van der Waals surface area contributed by atoms with E-state index in [1.54, 1.807) is 6.20 Å². The maximum Gasteiger partial charge on any atom is 0.244 e. The summed E-state index contributed by atoms with van der Waals surface area (Å²) in [6.07, 6.45) is 8.18. The number of aromatic nitrogens is 3. The van der Waals surface area contributed by atoms with Crippen LogP contribution in [-0.4, -0.2) is 21.2 Å². The van der Waals surface area contributed by atoms with Gasteiger partial charge in [0.1, 0.15) is 5.69 Å². The second-order valence-corrected chi connectivity index (χ2v) is 6.94. The zero-order chi connectivity index (χ0) is 15.9. The van der Waals surface area contributed by atoms with Gasteiger partial charge >= 0.3 is 0 Å². The van der Waals surface area contributed by atoms with Gasteiger partial charge in [0.05, 0.1) is 6.04 Å². The summed E-state index contributed by atoms with van der Waals surface area (Å²) in [6.45, 7) is 0. The predicted molar refractivity (Wildman–Crippen MR) is 98.5 cm³/mol. The van der Waals surface area contributed by atoms with Gasteiger partial charge in [-0.05, 0) is 36.6 Å². The number of halogens is 1. The molecule has 3 aromatic rings. The van der Waals surface area contributed by atoms with Crippen molar-refractivity contribution < 1.29 is 4.52 Å². The van der Waals surface area contributed by atoms with E-state index >= 15 is 0 Å². The molecule has 6 heteroatoms. The number of nitrogens with zero attached hydrogens (tertiary/aromatic N) is 3. The molecular weight excluding hydrogens is 336 g/mol. The van der Waals surface area contributed by atoms with Crippen LogP contribution >= 0.6 is 12.4 Å². The molecule has 1 N–H and O–H groups in total. The van der Waals surface area contributed by atoms with Crippen molar-refractivity contribution in [3.8, 4) is 11.5 Å². The van der Waals surface area contributed by atoms with Gasteiger partial charge in [-0.25, -0.2) is 0 Å². The molecule has 2 aromatic heterocycles. The first-order chi connectivity index (χ1) is 11.9. The van der Waals surface area contributed by atoms with Crippen LogP contribution in [0.5, 0.6) is 0 Å². The number of pyridine rings is 1. The Kier molecular flexibility index (Phi) is 4.44. The minimum absolute atomic E-state index is 0. The lowest BCUT2D eigenvalue weighted by Crippen LogP contribution is -2.30. The van der Waals surface area contributed by atoms with E-state index in [1.807, 2.05) is 18.2 Å². The molecule has 1 aliphatic heterocycles. The molecule has 0 radical (unpaired) electrons. The normalized spacial score (nSPS) is 25.5. The fourth-order valence-electron chi connectivity index (χ4n) is 4.28. The fraction of sp³-hybridized carbons (Fsp3) is 0.421. The fourth-order valence-corrected chi connectivity index (χ4v) is 4.28. The van der Waals surface area contributed by atoms with Crippen LogP contribution in [0.4, 0.5) is 0 Å². The third-order valence-electron chi connectivity index (χ3n) is 5.49. The lowest BCUT2D eigenvalue weighted by molar-refractivity contribution is 0.324. The first-order valence-corrected chi connectivity index (χ1v) is 8.82. The molecule has 1 saturated carbocycles. The van der Waals surface area contributed by atoms with E-state index in [0.29, 0.717) is 17.8 Å². The zero-order valence-electron chi connectivity index (χ0n) is 13.9. The molecule has 1 saturated heterocycles. The molecular formula is C19H21ClN4O. The molecule has 25 heavy (non-hydrogen) atoms. The summed E-state index contributed by atoms with van der Waals surface area (Å²) in [5, 5.41) is 10.1. The monoisotopic (exact) mass is 356 g/mol. The van der Waals surface area contributed by atoms with Gasteiger partial charge in [0.25, 0.3) is 0 Å². The lowest BCUT2D eigenvalue weighted by atomic mass is 9.85. The maximum atomic E-state index is 5.59. The van der Waals surface area contributed by atoms with E-state index in [-0.39, 0.29) is 18.4 Å². The predicted octanol–water partition coefficient (Wildman–Crippen LogP) is 4.30. The van der Waals surface area contributed by atoms with Crippen molar-refractivity contribution in [1.29, 1.82) is 0 Å². The molecule has 3 heterocycles. The van der Waals surface area contributed by atoms with Crippen LogP contribution in [0.15, 0.2) is 41.1 Å². The van der Waals surface area contributed by atoms with Crippen LogP contribution in [0.2, 0.25) is 0 Å². The molecule has 1 aromatic carbocycles. The average molecular weight is 357 g/mol. The highest BCUT2D eigenvalue weighted by atomic mass is 35.5. The van der Waals surface area contributed by atoms with Crippen LogP contribution in [-0.2, 0) is 0 Å². The number of fused-ring (bicyclic) bond motifs is 2. The van der Waals surface area contributed by atoms with Crippen molar-refractivity contribution in [2.45, 2.75) is 44.2 Å². The highest BCUT2D eigenvalue weighted by molar-refractivity contribution is 5.92. The quantitative estimate of drug-likeness (QED) is 0.741. The standard InChI is InChI=1S/C19H20N4O.ClH/c1-3-7-14-12(5-1)9-10-20-17(14)18-22-19(24-23-18)16-11-13-6-2-4-8-15(13)21-16;/h1,3,5,7,9-10,13,15-16,21H,2,4,6,8,11H2;1H. The van der Waals surface area contributed by atoms with Crippen molar-refractivity contribution in [1.82, 2.24) is 20.4 Å². The number of nitrogens with one attached hydrogen (secondary N) is 1. The van der Waals surface area contributed by atoms with E-state index in [9.17, 15) is 0 Å². The second kappa shape index (κ2) is 6.73. The largest absolute Gasteiger partial charge is 0.337 e. The molecule has 5 nitrogen and oxygen atoms in total. The Hall–Kier alpha value is -1.98. The molecule has 0 spiro atoms. The van der Waals surface area contributed by atoms with Crippen molar-refractivity contribution in [2.75, 3.05) is 0 Å². The third kappa shape index (κ3) is 2.92. The van der Waals surface area contributed by atoms with Crippen LogP contribution in [0.3, 0.4) is 0 Å². The second-order valence-electron chi connectivity index (χ2n) is 6.94. The van der Waals surface area contributed by atoms with Gasteiger partial charge in [0.15, 0.2) is 0 Å². The summed E-state index contributed by atoms with van der Waals surface area (Å²) < 4.78 is 5.59. The SMILES string of the molecule is Cl.c1ccc2c(-c3noc(C4CC5CCCCC5N4)n3)nccc2c1. The van der Waals surface area contributed by atoms with Crippen molar-refractivity contribution in [3.63, 3.8) is 0 Å². The summed E-state index contributed by atoms with van der Waals surface area (Å²) in [6, 6.07) is 11.0. The van der Waals surface area contributed by atoms with Crippen molar-refractivity contribution in [2.24, 2.45) is 5.92 Å². The highest BCUT2D eigenvalue weighted by Crippen LogP contribution is 2.39. The van der Waals surface area contributed by atoms with Gasteiger partial charge < -0.3 is 9.84 Å². The number of hydrogen-bond acceptors (Lipinski definition) is 5. The van der Waals surface area contributed by atoms with Gasteiger partial charge in [0, 0.05) is 17.6 Å². The van der Waals surface area contributed by atoms with E-state index in [4.69, 9.17) is 4.52 Å². The summed E-state index contributed by atoms with van der Waals surface area (Å²) in [4.78, 5) is 9.15. The van der Waals surface area contributed by atoms with Crippen LogP contribution in [0.1, 0.15) is 44.0 Å². The van der Waals surface area contributed by atoms with Gasteiger partial charge in [-0.3, -0.25) is 4.98 Å². The third-order valence-corrected chi connectivity index (χ3v) is 5.49. The van der Waals surface area contributed by atoms with Crippen LogP contribution < -0.4 is 5.32 Å². The number of rotatable bonds is 2. The maximum absolute atomic E-state index is 5.59. The Labute approximate surface area is 152 Å². The molecule has 1 aliphatic carbocycles. The minimum Gasteiger partial charge on any atom is -0.337 e. The van der Waals surface area contributed by atoms with Gasteiger partial charge in [-0.1, -0.05) is 42.3 Å². The Balaban J connectivity index is 0.00000157. The number of hydrogen-bond donors (Lipinski definition) is 1. The average Bonchev–Trinajstić information content (AvgIpc) is 3.28.